The van der Waals surface area contributed by atoms with Gasteiger partial charge in [-0.05, 0) is 56.5 Å². The van der Waals surface area contributed by atoms with Gasteiger partial charge in [0.05, 0.1) is 19.1 Å². The summed E-state index contributed by atoms with van der Waals surface area (Å²) in [6.45, 7) is 3.44. The topological polar surface area (TPSA) is 96.0 Å². The second kappa shape index (κ2) is 11.6. The standard InChI is InChI=1S/C26H35N3O5S/c1-19-9-11-21(12-10-19)17-28(20(2)26(31)27-22-7-5-6-8-22)25(30)18-29(35(4,32)33)23-13-15-24(34-3)16-14-23/h9-16,20,22H,5-8,17-18H2,1-4H3,(H,27,31). The Morgan fingerprint density at radius 3 is 2.20 bits per heavy atom. The van der Waals surface area contributed by atoms with Gasteiger partial charge in [0.1, 0.15) is 18.3 Å². The number of carbonyl (C=O) groups is 2. The third-order valence-corrected chi connectivity index (χ3v) is 7.52. The van der Waals surface area contributed by atoms with Crippen LogP contribution in [0.3, 0.4) is 0 Å². The summed E-state index contributed by atoms with van der Waals surface area (Å²) in [4.78, 5) is 28.1. The monoisotopic (exact) mass is 501 g/mol. The van der Waals surface area contributed by atoms with Crippen molar-refractivity contribution in [2.75, 3.05) is 24.2 Å². The number of nitrogens with one attached hydrogen (secondary N) is 1. The zero-order valence-electron chi connectivity index (χ0n) is 20.9. The minimum Gasteiger partial charge on any atom is -0.497 e. The molecule has 0 bridgehead atoms. The fraction of sp³-hybridized carbons (Fsp3) is 0.462. The van der Waals surface area contributed by atoms with Crippen LogP contribution < -0.4 is 14.4 Å². The maximum atomic E-state index is 13.6. The first-order valence-corrected chi connectivity index (χ1v) is 13.7. The van der Waals surface area contributed by atoms with Gasteiger partial charge in [0.15, 0.2) is 0 Å². The van der Waals surface area contributed by atoms with E-state index in [-0.39, 0.29) is 18.5 Å². The quantitative estimate of drug-likeness (QED) is 0.539. The number of benzene rings is 2. The van der Waals surface area contributed by atoms with Crippen molar-refractivity contribution in [3.8, 4) is 5.75 Å². The fourth-order valence-electron chi connectivity index (χ4n) is 4.23. The third kappa shape index (κ3) is 7.21. The van der Waals surface area contributed by atoms with Crippen molar-refractivity contribution >= 4 is 27.5 Å². The van der Waals surface area contributed by atoms with Crippen LogP contribution in [0, 0.1) is 6.92 Å². The Labute approximate surface area is 208 Å². The van der Waals surface area contributed by atoms with E-state index in [1.165, 1.54) is 12.0 Å². The summed E-state index contributed by atoms with van der Waals surface area (Å²) in [6.07, 6.45) is 5.09. The van der Waals surface area contributed by atoms with Crippen molar-refractivity contribution in [3.05, 3.63) is 59.7 Å². The first-order chi connectivity index (χ1) is 16.6. The van der Waals surface area contributed by atoms with Gasteiger partial charge in [-0.1, -0.05) is 42.7 Å². The van der Waals surface area contributed by atoms with E-state index >= 15 is 0 Å². The first kappa shape index (κ1) is 26.5. The summed E-state index contributed by atoms with van der Waals surface area (Å²) >= 11 is 0. The van der Waals surface area contributed by atoms with Gasteiger partial charge in [0.25, 0.3) is 0 Å². The third-order valence-electron chi connectivity index (χ3n) is 6.38. The molecule has 0 heterocycles. The maximum absolute atomic E-state index is 13.6. The number of aryl methyl sites for hydroxylation is 1. The number of anilines is 1. The van der Waals surface area contributed by atoms with Crippen LogP contribution in [0.5, 0.6) is 5.75 Å². The lowest BCUT2D eigenvalue weighted by atomic mass is 10.1. The molecule has 0 aromatic heterocycles. The number of rotatable bonds is 10. The molecule has 1 aliphatic rings. The highest BCUT2D eigenvalue weighted by Gasteiger charge is 2.31. The number of amides is 2. The fourth-order valence-corrected chi connectivity index (χ4v) is 5.08. The molecule has 8 nitrogen and oxygen atoms in total. The smallest absolute Gasteiger partial charge is 0.244 e. The Hall–Kier alpha value is -3.07. The molecule has 2 aromatic rings. The average Bonchev–Trinajstić information content (AvgIpc) is 3.34. The summed E-state index contributed by atoms with van der Waals surface area (Å²) in [5, 5.41) is 3.06. The van der Waals surface area contributed by atoms with Crippen LogP contribution in [0.4, 0.5) is 5.69 Å². The lowest BCUT2D eigenvalue weighted by Gasteiger charge is -2.32. The molecule has 0 spiro atoms. The molecule has 1 fully saturated rings. The minimum absolute atomic E-state index is 0.119. The molecule has 1 N–H and O–H groups in total. The largest absolute Gasteiger partial charge is 0.497 e. The second-order valence-corrected chi connectivity index (χ2v) is 11.0. The summed E-state index contributed by atoms with van der Waals surface area (Å²) in [5.74, 6) is -0.111. The molecular formula is C26H35N3O5S. The first-order valence-electron chi connectivity index (χ1n) is 11.9. The number of hydrogen-bond donors (Lipinski definition) is 1. The van der Waals surface area contributed by atoms with Crippen LogP contribution in [0.15, 0.2) is 48.5 Å². The van der Waals surface area contributed by atoms with Gasteiger partial charge < -0.3 is 15.0 Å². The zero-order chi connectivity index (χ0) is 25.6. The van der Waals surface area contributed by atoms with Crippen LogP contribution in [-0.2, 0) is 26.2 Å². The average molecular weight is 502 g/mol. The van der Waals surface area contributed by atoms with Crippen molar-refractivity contribution in [3.63, 3.8) is 0 Å². The molecule has 0 radical (unpaired) electrons. The summed E-state index contributed by atoms with van der Waals surface area (Å²) < 4.78 is 31.4. The van der Waals surface area contributed by atoms with E-state index < -0.39 is 28.5 Å². The van der Waals surface area contributed by atoms with Gasteiger partial charge in [-0.15, -0.1) is 0 Å². The van der Waals surface area contributed by atoms with E-state index in [1.54, 1.807) is 31.2 Å². The Balaban J connectivity index is 1.86. The second-order valence-electron chi connectivity index (χ2n) is 9.14. The Morgan fingerprint density at radius 1 is 1.06 bits per heavy atom. The molecule has 1 unspecified atom stereocenters. The van der Waals surface area contributed by atoms with Crippen molar-refractivity contribution in [1.29, 1.82) is 0 Å². The predicted octanol–water partition coefficient (Wildman–Crippen LogP) is 3.25. The Kier molecular flexibility index (Phi) is 8.77. The van der Waals surface area contributed by atoms with Crippen molar-refractivity contribution in [2.24, 2.45) is 0 Å². The summed E-state index contributed by atoms with van der Waals surface area (Å²) in [7, 11) is -2.24. The van der Waals surface area contributed by atoms with Gasteiger partial charge >= 0.3 is 0 Å². The number of nitrogens with zero attached hydrogens (tertiary/aromatic N) is 2. The van der Waals surface area contributed by atoms with Crippen LogP contribution in [-0.4, -0.2) is 57.1 Å². The summed E-state index contributed by atoms with van der Waals surface area (Å²) in [5.41, 5.74) is 2.29. The molecule has 1 aliphatic carbocycles. The van der Waals surface area contributed by atoms with Crippen molar-refractivity contribution < 1.29 is 22.7 Å². The Bertz CT molecular complexity index is 1110. The predicted molar refractivity (Wildman–Crippen MR) is 137 cm³/mol. The van der Waals surface area contributed by atoms with Crippen molar-refractivity contribution in [2.45, 2.75) is 58.2 Å². The number of methoxy groups -OCH3 is 1. The molecule has 2 aromatic carbocycles. The summed E-state index contributed by atoms with van der Waals surface area (Å²) in [6, 6.07) is 13.5. The van der Waals surface area contributed by atoms with E-state index in [4.69, 9.17) is 4.74 Å². The van der Waals surface area contributed by atoms with E-state index in [2.05, 4.69) is 5.32 Å². The number of carbonyl (C=O) groups excluding carboxylic acids is 2. The molecule has 1 saturated carbocycles. The minimum atomic E-state index is -3.76. The molecular weight excluding hydrogens is 466 g/mol. The molecule has 9 heteroatoms. The number of hydrogen-bond acceptors (Lipinski definition) is 5. The maximum Gasteiger partial charge on any atom is 0.244 e. The highest BCUT2D eigenvalue weighted by atomic mass is 32.2. The highest BCUT2D eigenvalue weighted by Crippen LogP contribution is 2.23. The van der Waals surface area contributed by atoms with E-state index in [9.17, 15) is 18.0 Å². The van der Waals surface area contributed by atoms with Gasteiger partial charge in [-0.25, -0.2) is 8.42 Å². The van der Waals surface area contributed by atoms with Crippen LogP contribution in [0.25, 0.3) is 0 Å². The SMILES string of the molecule is COc1ccc(N(CC(=O)N(Cc2ccc(C)cc2)C(C)C(=O)NC2CCCC2)S(C)(=O)=O)cc1. The lowest BCUT2D eigenvalue weighted by molar-refractivity contribution is -0.139. The molecule has 0 saturated heterocycles. The van der Waals surface area contributed by atoms with Gasteiger partial charge in [0, 0.05) is 12.6 Å². The van der Waals surface area contributed by atoms with Crippen molar-refractivity contribution in [1.82, 2.24) is 10.2 Å². The van der Waals surface area contributed by atoms with Gasteiger partial charge in [0.2, 0.25) is 21.8 Å². The van der Waals surface area contributed by atoms with Crippen LogP contribution in [0.1, 0.15) is 43.7 Å². The number of ether oxygens (including phenoxy) is 1. The zero-order valence-corrected chi connectivity index (χ0v) is 21.7. The van der Waals surface area contributed by atoms with Gasteiger partial charge in [-0.2, -0.15) is 0 Å². The van der Waals surface area contributed by atoms with E-state index in [1.807, 2.05) is 31.2 Å². The normalized spacial score (nSPS) is 14.9. The van der Waals surface area contributed by atoms with Crippen LogP contribution >= 0.6 is 0 Å². The van der Waals surface area contributed by atoms with E-state index in [0.717, 1.165) is 47.4 Å². The van der Waals surface area contributed by atoms with Gasteiger partial charge in [-0.3, -0.25) is 13.9 Å². The molecule has 190 valence electrons. The molecule has 1 atom stereocenters. The molecule has 2 amide bonds. The van der Waals surface area contributed by atoms with Crippen LogP contribution in [0.2, 0.25) is 0 Å². The molecule has 0 aliphatic heterocycles. The number of sulfonamides is 1. The lowest BCUT2D eigenvalue weighted by Crippen LogP contribution is -2.52. The molecule has 3 rings (SSSR count). The van der Waals surface area contributed by atoms with E-state index in [0.29, 0.717) is 11.4 Å². The Morgan fingerprint density at radius 2 is 1.66 bits per heavy atom. The highest BCUT2D eigenvalue weighted by molar-refractivity contribution is 7.92. The molecule has 35 heavy (non-hydrogen) atoms.